The van der Waals surface area contributed by atoms with Crippen molar-refractivity contribution in [2.24, 2.45) is 0 Å². The highest BCUT2D eigenvalue weighted by Gasteiger charge is 2.40. The van der Waals surface area contributed by atoms with Crippen LogP contribution in [-0.4, -0.2) is 12.4 Å². The van der Waals surface area contributed by atoms with Gasteiger partial charge in [-0.3, -0.25) is 4.79 Å². The molecule has 2 heteroatoms. The van der Waals surface area contributed by atoms with Gasteiger partial charge in [0.15, 0.2) is 11.4 Å². The summed E-state index contributed by atoms with van der Waals surface area (Å²) in [6, 6.07) is 9.76. The van der Waals surface area contributed by atoms with Crippen LogP contribution >= 0.6 is 0 Å². The summed E-state index contributed by atoms with van der Waals surface area (Å²) in [5, 5.41) is 0. The Labute approximate surface area is 108 Å². The molecule has 2 nitrogen and oxygen atoms in total. The summed E-state index contributed by atoms with van der Waals surface area (Å²) in [6.07, 6.45) is 7.55. The van der Waals surface area contributed by atoms with Crippen LogP contribution in [-0.2, 0) is 15.1 Å². The van der Waals surface area contributed by atoms with Crippen LogP contribution in [0.4, 0.5) is 0 Å². The largest absolute Gasteiger partial charge is 0.358 e. The SMILES string of the molecule is C=CCCC(=O)[C@]1(c2ccccc2)CC=CCO1. The van der Waals surface area contributed by atoms with Gasteiger partial charge in [0.1, 0.15) is 0 Å². The Morgan fingerprint density at radius 2 is 2.11 bits per heavy atom. The van der Waals surface area contributed by atoms with Gasteiger partial charge >= 0.3 is 0 Å². The first-order valence-electron chi connectivity index (χ1n) is 6.28. The Kier molecular flexibility index (Phi) is 4.11. The third-order valence-electron chi connectivity index (χ3n) is 3.26. The second-order valence-electron chi connectivity index (χ2n) is 4.43. The summed E-state index contributed by atoms with van der Waals surface area (Å²) in [4.78, 5) is 12.5. The lowest BCUT2D eigenvalue weighted by atomic mass is 9.83. The number of ether oxygens (including phenoxy) is 1. The Bertz CT molecular complexity index is 447. The van der Waals surface area contributed by atoms with Gasteiger partial charge in [0, 0.05) is 12.8 Å². The van der Waals surface area contributed by atoms with Crippen molar-refractivity contribution in [1.29, 1.82) is 0 Å². The van der Waals surface area contributed by atoms with E-state index in [0.717, 1.165) is 5.56 Å². The number of ketones is 1. The van der Waals surface area contributed by atoms with Gasteiger partial charge in [-0.15, -0.1) is 6.58 Å². The zero-order chi connectivity index (χ0) is 12.8. The second kappa shape index (κ2) is 5.78. The van der Waals surface area contributed by atoms with E-state index in [2.05, 4.69) is 6.58 Å². The standard InChI is InChI=1S/C16H18O2/c1-2-3-11-15(17)16(12-7-8-13-18-16)14-9-5-4-6-10-14/h2,4-10H,1,3,11-13H2/t16-/m1/s1. The molecule has 0 saturated heterocycles. The predicted molar refractivity (Wildman–Crippen MR) is 72.3 cm³/mol. The van der Waals surface area contributed by atoms with E-state index in [-0.39, 0.29) is 5.78 Å². The molecule has 0 saturated carbocycles. The van der Waals surface area contributed by atoms with Crippen molar-refractivity contribution in [2.75, 3.05) is 6.61 Å². The highest BCUT2D eigenvalue weighted by molar-refractivity contribution is 5.89. The molecule has 0 aromatic heterocycles. The highest BCUT2D eigenvalue weighted by Crippen LogP contribution is 2.34. The second-order valence-corrected chi connectivity index (χ2v) is 4.43. The van der Waals surface area contributed by atoms with Crippen molar-refractivity contribution in [1.82, 2.24) is 0 Å². The highest BCUT2D eigenvalue weighted by atomic mass is 16.5. The van der Waals surface area contributed by atoms with E-state index in [0.29, 0.717) is 25.9 Å². The lowest BCUT2D eigenvalue weighted by Crippen LogP contribution is -2.40. The van der Waals surface area contributed by atoms with Crippen LogP contribution in [0.5, 0.6) is 0 Å². The number of benzene rings is 1. The number of rotatable bonds is 5. The Hall–Kier alpha value is -1.67. The minimum atomic E-state index is -0.793. The van der Waals surface area contributed by atoms with Gasteiger partial charge in [0.25, 0.3) is 0 Å². The Balaban J connectivity index is 2.32. The maximum atomic E-state index is 12.5. The molecule has 0 bridgehead atoms. The van der Waals surface area contributed by atoms with E-state index < -0.39 is 5.60 Å². The number of Topliss-reactive ketones (excluding diaryl/α,β-unsaturated/α-hetero) is 1. The van der Waals surface area contributed by atoms with Crippen molar-refractivity contribution in [3.8, 4) is 0 Å². The molecule has 1 heterocycles. The number of allylic oxidation sites excluding steroid dienone is 1. The summed E-state index contributed by atoms with van der Waals surface area (Å²) in [5.41, 5.74) is 0.155. The van der Waals surface area contributed by atoms with Gasteiger partial charge in [-0.05, 0) is 12.0 Å². The number of carbonyl (C=O) groups is 1. The first-order valence-corrected chi connectivity index (χ1v) is 6.28. The molecule has 1 aliphatic rings. The molecule has 0 radical (unpaired) electrons. The molecule has 1 aliphatic heterocycles. The molecule has 0 fully saturated rings. The lowest BCUT2D eigenvalue weighted by Gasteiger charge is -2.34. The fourth-order valence-corrected chi connectivity index (χ4v) is 2.27. The molecule has 0 unspecified atom stereocenters. The molecule has 1 aromatic rings. The van der Waals surface area contributed by atoms with E-state index in [1.54, 1.807) is 6.08 Å². The quantitative estimate of drug-likeness (QED) is 0.740. The van der Waals surface area contributed by atoms with Gasteiger partial charge in [0.05, 0.1) is 6.61 Å². The molecule has 2 rings (SSSR count). The van der Waals surface area contributed by atoms with Gasteiger partial charge in [-0.1, -0.05) is 48.6 Å². The van der Waals surface area contributed by atoms with Gasteiger partial charge in [-0.2, -0.15) is 0 Å². The van der Waals surface area contributed by atoms with E-state index in [1.165, 1.54) is 0 Å². The maximum absolute atomic E-state index is 12.5. The van der Waals surface area contributed by atoms with Gasteiger partial charge in [-0.25, -0.2) is 0 Å². The zero-order valence-electron chi connectivity index (χ0n) is 10.5. The average Bonchev–Trinajstić information content (AvgIpc) is 2.46. The molecule has 0 N–H and O–H groups in total. The smallest absolute Gasteiger partial charge is 0.169 e. The first kappa shape index (κ1) is 12.8. The summed E-state index contributed by atoms with van der Waals surface area (Å²) in [7, 11) is 0. The molecular formula is C16H18O2. The third-order valence-corrected chi connectivity index (χ3v) is 3.26. The zero-order valence-corrected chi connectivity index (χ0v) is 10.5. The topological polar surface area (TPSA) is 26.3 Å². The number of hydrogen-bond acceptors (Lipinski definition) is 2. The minimum absolute atomic E-state index is 0.137. The first-order chi connectivity index (χ1) is 8.79. The fraction of sp³-hybridized carbons (Fsp3) is 0.312. The summed E-state index contributed by atoms with van der Waals surface area (Å²) >= 11 is 0. The Morgan fingerprint density at radius 3 is 2.72 bits per heavy atom. The molecule has 0 aliphatic carbocycles. The lowest BCUT2D eigenvalue weighted by molar-refractivity contribution is -0.145. The van der Waals surface area contributed by atoms with E-state index in [4.69, 9.17) is 4.74 Å². The number of carbonyl (C=O) groups excluding carboxylic acids is 1. The van der Waals surface area contributed by atoms with Crippen molar-refractivity contribution in [2.45, 2.75) is 24.9 Å². The molecule has 1 aromatic carbocycles. The van der Waals surface area contributed by atoms with Crippen molar-refractivity contribution in [3.63, 3.8) is 0 Å². The maximum Gasteiger partial charge on any atom is 0.169 e. The summed E-state index contributed by atoms with van der Waals surface area (Å²) in [5.74, 6) is 0.137. The normalized spacial score (nSPS) is 22.7. The molecule has 0 amide bonds. The summed E-state index contributed by atoms with van der Waals surface area (Å²) in [6.45, 7) is 4.16. The van der Waals surface area contributed by atoms with Crippen LogP contribution in [0.1, 0.15) is 24.8 Å². The van der Waals surface area contributed by atoms with Crippen molar-refractivity contribution < 1.29 is 9.53 Å². The van der Waals surface area contributed by atoms with E-state index in [9.17, 15) is 4.79 Å². The van der Waals surface area contributed by atoms with Crippen LogP contribution < -0.4 is 0 Å². The third kappa shape index (κ3) is 2.44. The fourth-order valence-electron chi connectivity index (χ4n) is 2.27. The molecule has 0 spiro atoms. The van der Waals surface area contributed by atoms with Crippen molar-refractivity contribution in [3.05, 3.63) is 60.7 Å². The predicted octanol–water partition coefficient (Wildman–Crippen LogP) is 3.39. The monoisotopic (exact) mass is 242 g/mol. The number of hydrogen-bond donors (Lipinski definition) is 0. The molecule has 1 atom stereocenters. The van der Waals surface area contributed by atoms with Crippen LogP contribution in [0.3, 0.4) is 0 Å². The van der Waals surface area contributed by atoms with Crippen LogP contribution in [0, 0.1) is 0 Å². The average molecular weight is 242 g/mol. The molecule has 18 heavy (non-hydrogen) atoms. The summed E-state index contributed by atoms with van der Waals surface area (Å²) < 4.78 is 5.84. The van der Waals surface area contributed by atoms with Crippen LogP contribution in [0.25, 0.3) is 0 Å². The van der Waals surface area contributed by atoms with E-state index >= 15 is 0 Å². The van der Waals surface area contributed by atoms with Crippen LogP contribution in [0.2, 0.25) is 0 Å². The van der Waals surface area contributed by atoms with Crippen LogP contribution in [0.15, 0.2) is 55.1 Å². The molecular weight excluding hydrogens is 224 g/mol. The van der Waals surface area contributed by atoms with Gasteiger partial charge < -0.3 is 4.74 Å². The minimum Gasteiger partial charge on any atom is -0.358 e. The van der Waals surface area contributed by atoms with Gasteiger partial charge in [0.2, 0.25) is 0 Å². The van der Waals surface area contributed by atoms with Crippen molar-refractivity contribution >= 4 is 5.78 Å². The Morgan fingerprint density at radius 1 is 1.33 bits per heavy atom. The molecule has 94 valence electrons. The van der Waals surface area contributed by atoms with E-state index in [1.807, 2.05) is 42.5 Å².